The van der Waals surface area contributed by atoms with Crippen molar-refractivity contribution in [1.29, 1.82) is 0 Å². The van der Waals surface area contributed by atoms with Crippen LogP contribution in [-0.4, -0.2) is 24.5 Å². The van der Waals surface area contributed by atoms with E-state index >= 15 is 0 Å². The number of hydrogen-bond acceptors (Lipinski definition) is 1. The van der Waals surface area contributed by atoms with Gasteiger partial charge in [0.25, 0.3) is 0 Å². The Morgan fingerprint density at radius 1 is 1.08 bits per heavy atom. The van der Waals surface area contributed by atoms with Crippen LogP contribution in [0.5, 0.6) is 0 Å². The number of likely N-dealkylation sites (tertiary alicyclic amines) is 1. The minimum atomic E-state index is 0.837. The van der Waals surface area contributed by atoms with Gasteiger partial charge in [-0.3, -0.25) is 0 Å². The minimum absolute atomic E-state index is 0.837. The van der Waals surface area contributed by atoms with E-state index in [2.05, 4.69) is 18.9 Å². The molecule has 0 bridgehead atoms. The first-order valence-electron chi connectivity index (χ1n) is 5.47. The molecule has 1 saturated carbocycles. The number of hydrogen-bond donors (Lipinski definition) is 0. The largest absolute Gasteiger partial charge is 0.303 e. The van der Waals surface area contributed by atoms with Crippen LogP contribution in [0.2, 0.25) is 0 Å². The van der Waals surface area contributed by atoms with Gasteiger partial charge in [0.15, 0.2) is 0 Å². The van der Waals surface area contributed by atoms with Crippen LogP contribution >= 0.6 is 0 Å². The molecule has 0 aromatic carbocycles. The van der Waals surface area contributed by atoms with Crippen LogP contribution < -0.4 is 0 Å². The lowest BCUT2D eigenvalue weighted by atomic mass is 9.73. The van der Waals surface area contributed by atoms with E-state index in [1.165, 1.54) is 38.6 Å². The Labute approximate surface area is 76.1 Å². The summed E-state index contributed by atoms with van der Waals surface area (Å²) >= 11 is 0. The molecule has 1 nitrogen and oxygen atoms in total. The Hall–Kier alpha value is -0.0400. The van der Waals surface area contributed by atoms with E-state index in [9.17, 15) is 0 Å². The van der Waals surface area contributed by atoms with E-state index in [-0.39, 0.29) is 0 Å². The van der Waals surface area contributed by atoms with E-state index in [1.54, 1.807) is 0 Å². The highest BCUT2D eigenvalue weighted by atomic mass is 15.1. The van der Waals surface area contributed by atoms with Crippen LogP contribution in [0.4, 0.5) is 0 Å². The lowest BCUT2D eigenvalue weighted by molar-refractivity contribution is 0.0650. The van der Waals surface area contributed by atoms with Crippen molar-refractivity contribution in [3.05, 3.63) is 0 Å². The van der Waals surface area contributed by atoms with Crippen molar-refractivity contribution in [2.75, 3.05) is 13.6 Å². The standard InChI is InChI=1S/C11H21N/c1-9-7-10-5-3-4-6-11(10)8-12(9)2/h9-11H,3-8H2,1-2H3/t9?,10-,11+/m0/s1. The number of fused-ring (bicyclic) bond motifs is 1. The Balaban J connectivity index is 1.98. The molecule has 1 heteroatoms. The summed E-state index contributed by atoms with van der Waals surface area (Å²) in [5.74, 6) is 2.12. The smallest absolute Gasteiger partial charge is 0.00667 e. The first-order valence-corrected chi connectivity index (χ1v) is 5.47. The summed E-state index contributed by atoms with van der Waals surface area (Å²) in [5.41, 5.74) is 0. The molecule has 1 heterocycles. The molecule has 3 atom stereocenters. The van der Waals surface area contributed by atoms with Crippen molar-refractivity contribution >= 4 is 0 Å². The summed E-state index contributed by atoms with van der Waals surface area (Å²) in [5, 5.41) is 0. The second kappa shape index (κ2) is 3.37. The quantitative estimate of drug-likeness (QED) is 0.536. The predicted molar refractivity (Wildman–Crippen MR) is 52.2 cm³/mol. The van der Waals surface area contributed by atoms with Crippen LogP contribution in [0.25, 0.3) is 0 Å². The topological polar surface area (TPSA) is 3.24 Å². The normalized spacial score (nSPS) is 44.0. The van der Waals surface area contributed by atoms with Crippen LogP contribution in [0, 0.1) is 11.8 Å². The molecule has 70 valence electrons. The molecule has 0 spiro atoms. The van der Waals surface area contributed by atoms with Crippen LogP contribution in [0.15, 0.2) is 0 Å². The van der Waals surface area contributed by atoms with Gasteiger partial charge in [0, 0.05) is 12.6 Å². The molecule has 0 amide bonds. The molecule has 2 aliphatic rings. The third-order valence-corrected chi connectivity index (χ3v) is 3.99. The van der Waals surface area contributed by atoms with E-state index in [1.807, 2.05) is 0 Å². The molecule has 0 N–H and O–H groups in total. The Kier molecular flexibility index (Phi) is 2.40. The number of nitrogens with zero attached hydrogens (tertiary/aromatic N) is 1. The highest BCUT2D eigenvalue weighted by molar-refractivity contribution is 4.85. The summed E-state index contributed by atoms with van der Waals surface area (Å²) in [6.45, 7) is 3.75. The van der Waals surface area contributed by atoms with Gasteiger partial charge in [-0.25, -0.2) is 0 Å². The monoisotopic (exact) mass is 167 g/mol. The van der Waals surface area contributed by atoms with Gasteiger partial charge in [-0.05, 0) is 38.6 Å². The molecule has 0 radical (unpaired) electrons. The average Bonchev–Trinajstić information content (AvgIpc) is 2.07. The third kappa shape index (κ3) is 1.52. The van der Waals surface area contributed by atoms with Crippen molar-refractivity contribution in [3.8, 4) is 0 Å². The maximum atomic E-state index is 2.55. The fraction of sp³-hybridized carbons (Fsp3) is 1.00. The van der Waals surface area contributed by atoms with Gasteiger partial charge in [-0.2, -0.15) is 0 Å². The zero-order valence-electron chi connectivity index (χ0n) is 8.42. The zero-order valence-corrected chi connectivity index (χ0v) is 8.42. The van der Waals surface area contributed by atoms with Crippen LogP contribution in [-0.2, 0) is 0 Å². The maximum absolute atomic E-state index is 2.55. The average molecular weight is 167 g/mol. The second-order valence-electron chi connectivity index (χ2n) is 4.83. The van der Waals surface area contributed by atoms with Gasteiger partial charge in [-0.1, -0.05) is 19.3 Å². The maximum Gasteiger partial charge on any atom is 0.00667 e. The molecule has 12 heavy (non-hydrogen) atoms. The summed E-state index contributed by atoms with van der Waals surface area (Å²) < 4.78 is 0. The van der Waals surface area contributed by atoms with Crippen LogP contribution in [0.3, 0.4) is 0 Å². The fourth-order valence-electron chi connectivity index (χ4n) is 3.00. The molecule has 2 rings (SSSR count). The van der Waals surface area contributed by atoms with Gasteiger partial charge in [0.05, 0.1) is 0 Å². The molecule has 1 unspecified atom stereocenters. The summed E-state index contributed by atoms with van der Waals surface area (Å²) in [6, 6.07) is 0.837. The molecular weight excluding hydrogens is 146 g/mol. The molecule has 1 saturated heterocycles. The molecule has 0 aromatic rings. The van der Waals surface area contributed by atoms with E-state index in [0.717, 1.165) is 17.9 Å². The van der Waals surface area contributed by atoms with Gasteiger partial charge in [0.2, 0.25) is 0 Å². The SMILES string of the molecule is CC1C[C@@H]2CCCC[C@@H]2CN1C. The Bertz CT molecular complexity index is 137. The predicted octanol–water partition coefficient (Wildman–Crippen LogP) is 2.52. The lowest BCUT2D eigenvalue weighted by Gasteiger charge is -2.43. The highest BCUT2D eigenvalue weighted by Gasteiger charge is 2.32. The molecule has 2 fully saturated rings. The van der Waals surface area contributed by atoms with Gasteiger partial charge >= 0.3 is 0 Å². The fourth-order valence-corrected chi connectivity index (χ4v) is 3.00. The first kappa shape index (κ1) is 8.55. The van der Waals surface area contributed by atoms with Gasteiger partial charge in [0.1, 0.15) is 0 Å². The third-order valence-electron chi connectivity index (χ3n) is 3.99. The van der Waals surface area contributed by atoms with Gasteiger partial charge in [-0.15, -0.1) is 0 Å². The van der Waals surface area contributed by atoms with Crippen molar-refractivity contribution in [1.82, 2.24) is 4.90 Å². The molecular formula is C11H21N. The molecule has 1 aliphatic carbocycles. The van der Waals surface area contributed by atoms with Crippen molar-refractivity contribution in [2.24, 2.45) is 11.8 Å². The molecule has 1 aliphatic heterocycles. The van der Waals surface area contributed by atoms with E-state index in [0.29, 0.717) is 0 Å². The molecule has 0 aromatic heterocycles. The van der Waals surface area contributed by atoms with Gasteiger partial charge < -0.3 is 4.90 Å². The minimum Gasteiger partial charge on any atom is -0.303 e. The summed E-state index contributed by atoms with van der Waals surface area (Å²) in [4.78, 5) is 2.55. The summed E-state index contributed by atoms with van der Waals surface area (Å²) in [7, 11) is 2.29. The van der Waals surface area contributed by atoms with E-state index in [4.69, 9.17) is 0 Å². The number of rotatable bonds is 0. The van der Waals surface area contributed by atoms with Crippen molar-refractivity contribution < 1.29 is 0 Å². The highest BCUT2D eigenvalue weighted by Crippen LogP contribution is 2.37. The summed E-state index contributed by atoms with van der Waals surface area (Å²) in [6.07, 6.45) is 7.47. The number of piperidine rings is 1. The van der Waals surface area contributed by atoms with Crippen molar-refractivity contribution in [2.45, 2.75) is 45.1 Å². The van der Waals surface area contributed by atoms with Crippen LogP contribution in [0.1, 0.15) is 39.0 Å². The Morgan fingerprint density at radius 2 is 1.75 bits per heavy atom. The Morgan fingerprint density at radius 3 is 2.50 bits per heavy atom. The zero-order chi connectivity index (χ0) is 8.55. The first-order chi connectivity index (χ1) is 5.77. The second-order valence-corrected chi connectivity index (χ2v) is 4.83. The van der Waals surface area contributed by atoms with E-state index < -0.39 is 0 Å². The lowest BCUT2D eigenvalue weighted by Crippen LogP contribution is -2.44. The van der Waals surface area contributed by atoms with Crippen molar-refractivity contribution in [3.63, 3.8) is 0 Å².